The predicted molar refractivity (Wildman–Crippen MR) is 135 cm³/mol. The summed E-state index contributed by atoms with van der Waals surface area (Å²) in [6, 6.07) is 22.4. The van der Waals surface area contributed by atoms with Gasteiger partial charge in [0.1, 0.15) is 18.4 Å². The maximum absolute atomic E-state index is 12.8. The number of carbonyl (C=O) groups is 2. The zero-order chi connectivity index (χ0) is 25.2. The molecule has 7 nitrogen and oxygen atoms in total. The van der Waals surface area contributed by atoms with Crippen LogP contribution >= 0.6 is 11.6 Å². The van der Waals surface area contributed by atoms with Crippen LogP contribution in [0.1, 0.15) is 40.9 Å². The molecule has 178 valence electrons. The van der Waals surface area contributed by atoms with Gasteiger partial charge in [0, 0.05) is 11.1 Å². The van der Waals surface area contributed by atoms with Crippen molar-refractivity contribution >= 4 is 29.6 Å². The normalized spacial score (nSPS) is 11.6. The van der Waals surface area contributed by atoms with Crippen molar-refractivity contribution in [2.75, 3.05) is 0 Å². The van der Waals surface area contributed by atoms with Crippen molar-refractivity contribution in [2.24, 2.45) is 11.0 Å². The van der Waals surface area contributed by atoms with Crippen molar-refractivity contribution in [2.45, 2.75) is 26.5 Å². The Bertz CT molecular complexity index is 1270. The molecule has 0 aliphatic rings. The molecular formula is C27H25ClN4O3. The Morgan fingerprint density at radius 2 is 1.74 bits per heavy atom. The van der Waals surface area contributed by atoms with Gasteiger partial charge < -0.3 is 10.1 Å². The second kappa shape index (κ2) is 12.4. The Labute approximate surface area is 209 Å². The molecule has 0 radical (unpaired) electrons. The first-order chi connectivity index (χ1) is 16.9. The van der Waals surface area contributed by atoms with Gasteiger partial charge in [-0.15, -0.1) is 0 Å². The van der Waals surface area contributed by atoms with E-state index in [0.29, 0.717) is 27.5 Å². The van der Waals surface area contributed by atoms with E-state index in [0.717, 1.165) is 5.56 Å². The van der Waals surface area contributed by atoms with Gasteiger partial charge in [0.05, 0.1) is 28.4 Å². The van der Waals surface area contributed by atoms with Crippen molar-refractivity contribution in [1.82, 2.24) is 10.7 Å². The zero-order valence-electron chi connectivity index (χ0n) is 19.4. The summed E-state index contributed by atoms with van der Waals surface area (Å²) in [6.07, 6.45) is 1.47. The van der Waals surface area contributed by atoms with E-state index in [1.807, 2.05) is 38.1 Å². The number of hydrazone groups is 1. The summed E-state index contributed by atoms with van der Waals surface area (Å²) < 4.78 is 5.90. The molecule has 0 spiro atoms. The number of benzene rings is 3. The average Bonchev–Trinajstić information content (AvgIpc) is 2.86. The third-order valence-electron chi connectivity index (χ3n) is 5.17. The number of nitrogens with one attached hydrogen (secondary N) is 2. The molecule has 0 aromatic heterocycles. The maximum atomic E-state index is 12.8. The first-order valence-electron chi connectivity index (χ1n) is 11.0. The Morgan fingerprint density at radius 3 is 2.49 bits per heavy atom. The molecule has 0 saturated carbocycles. The molecule has 0 aliphatic carbocycles. The number of para-hydroxylation sites is 1. The number of hydrogen-bond donors (Lipinski definition) is 2. The van der Waals surface area contributed by atoms with Crippen LogP contribution in [-0.2, 0) is 11.4 Å². The first kappa shape index (κ1) is 25.5. The number of rotatable bonds is 9. The number of amides is 2. The minimum absolute atomic E-state index is 0.188. The van der Waals surface area contributed by atoms with Crippen LogP contribution in [0.25, 0.3) is 0 Å². The van der Waals surface area contributed by atoms with Crippen LogP contribution in [-0.4, -0.2) is 24.1 Å². The van der Waals surface area contributed by atoms with Gasteiger partial charge in [0.15, 0.2) is 0 Å². The quantitative estimate of drug-likeness (QED) is 0.336. The molecule has 1 unspecified atom stereocenters. The summed E-state index contributed by atoms with van der Waals surface area (Å²) in [6.45, 7) is 3.86. The van der Waals surface area contributed by atoms with E-state index in [-0.39, 0.29) is 12.5 Å². The van der Waals surface area contributed by atoms with Gasteiger partial charge in [-0.2, -0.15) is 10.4 Å². The SMILES string of the molecule is CC(C)C(NC(=O)c1ccccc1Cl)C(=O)NN=Cc1ccccc1OCc1ccccc1C#N. The molecule has 1 atom stereocenters. The smallest absolute Gasteiger partial charge is 0.262 e. The third-order valence-corrected chi connectivity index (χ3v) is 5.50. The molecule has 0 saturated heterocycles. The van der Waals surface area contributed by atoms with E-state index in [2.05, 4.69) is 21.9 Å². The summed E-state index contributed by atoms with van der Waals surface area (Å²) >= 11 is 6.10. The first-order valence-corrected chi connectivity index (χ1v) is 11.4. The lowest BCUT2D eigenvalue weighted by Crippen LogP contribution is -2.48. The Morgan fingerprint density at radius 1 is 1.06 bits per heavy atom. The van der Waals surface area contributed by atoms with Crippen molar-refractivity contribution < 1.29 is 14.3 Å². The number of hydrogen-bond acceptors (Lipinski definition) is 5. The molecule has 8 heteroatoms. The van der Waals surface area contributed by atoms with Gasteiger partial charge in [-0.1, -0.05) is 67.9 Å². The topological polar surface area (TPSA) is 104 Å². The second-order valence-electron chi connectivity index (χ2n) is 8.00. The van der Waals surface area contributed by atoms with Crippen LogP contribution in [0.4, 0.5) is 0 Å². The molecule has 0 heterocycles. The summed E-state index contributed by atoms with van der Waals surface area (Å²) in [7, 11) is 0. The van der Waals surface area contributed by atoms with Crippen molar-refractivity contribution in [1.29, 1.82) is 5.26 Å². The molecule has 3 aromatic carbocycles. The summed E-state index contributed by atoms with van der Waals surface area (Å²) in [5.74, 6) is -0.541. The van der Waals surface area contributed by atoms with Crippen LogP contribution < -0.4 is 15.5 Å². The van der Waals surface area contributed by atoms with Gasteiger partial charge >= 0.3 is 0 Å². The van der Waals surface area contributed by atoms with E-state index >= 15 is 0 Å². The fourth-order valence-electron chi connectivity index (χ4n) is 3.26. The number of ether oxygens (including phenoxy) is 1. The number of nitriles is 1. The summed E-state index contributed by atoms with van der Waals surface area (Å²) in [4.78, 5) is 25.4. The second-order valence-corrected chi connectivity index (χ2v) is 8.41. The highest BCUT2D eigenvalue weighted by molar-refractivity contribution is 6.33. The predicted octanol–water partition coefficient (Wildman–Crippen LogP) is 4.70. The maximum Gasteiger partial charge on any atom is 0.262 e. The van der Waals surface area contributed by atoms with Gasteiger partial charge in [-0.3, -0.25) is 9.59 Å². The average molecular weight is 489 g/mol. The lowest BCUT2D eigenvalue weighted by atomic mass is 10.0. The van der Waals surface area contributed by atoms with E-state index in [9.17, 15) is 14.9 Å². The Hall–Kier alpha value is -4.15. The van der Waals surface area contributed by atoms with Crippen LogP contribution in [0.5, 0.6) is 5.75 Å². The molecule has 2 amide bonds. The number of halogens is 1. The molecule has 0 bridgehead atoms. The van der Waals surface area contributed by atoms with E-state index in [1.165, 1.54) is 6.21 Å². The molecular weight excluding hydrogens is 464 g/mol. The van der Waals surface area contributed by atoms with E-state index in [4.69, 9.17) is 16.3 Å². The minimum Gasteiger partial charge on any atom is -0.488 e. The highest BCUT2D eigenvalue weighted by Crippen LogP contribution is 2.19. The van der Waals surface area contributed by atoms with Crippen molar-refractivity contribution in [3.63, 3.8) is 0 Å². The number of nitrogens with zero attached hydrogens (tertiary/aromatic N) is 2. The largest absolute Gasteiger partial charge is 0.488 e. The molecule has 2 N–H and O–H groups in total. The molecule has 3 aromatic rings. The fraction of sp³-hybridized carbons (Fsp3) is 0.185. The highest BCUT2D eigenvalue weighted by Gasteiger charge is 2.25. The van der Waals surface area contributed by atoms with Crippen molar-refractivity contribution in [3.05, 3.63) is 100 Å². The minimum atomic E-state index is -0.815. The third kappa shape index (κ3) is 6.92. The molecule has 3 rings (SSSR count). The van der Waals surface area contributed by atoms with Crippen LogP contribution in [0.3, 0.4) is 0 Å². The lowest BCUT2D eigenvalue weighted by molar-refractivity contribution is -0.123. The highest BCUT2D eigenvalue weighted by atomic mass is 35.5. The van der Waals surface area contributed by atoms with Crippen LogP contribution in [0, 0.1) is 17.2 Å². The van der Waals surface area contributed by atoms with Gasteiger partial charge in [0.2, 0.25) is 0 Å². The van der Waals surface area contributed by atoms with Crippen molar-refractivity contribution in [3.8, 4) is 11.8 Å². The molecule has 35 heavy (non-hydrogen) atoms. The lowest BCUT2D eigenvalue weighted by Gasteiger charge is -2.20. The molecule has 0 aliphatic heterocycles. The summed E-state index contributed by atoms with van der Waals surface area (Å²) in [5, 5.41) is 16.3. The Balaban J connectivity index is 1.65. The van der Waals surface area contributed by atoms with Gasteiger partial charge in [0.25, 0.3) is 11.8 Å². The van der Waals surface area contributed by atoms with E-state index < -0.39 is 17.9 Å². The standard InChI is InChI=1S/C27H25ClN4O3/c1-18(2)25(31-26(33)22-12-6-7-13-23(22)28)27(34)32-30-16-20-10-5-8-14-24(20)35-17-21-11-4-3-9-19(21)15-29/h3-14,16,18,25H,17H2,1-2H3,(H,31,33)(H,32,34). The van der Waals surface area contributed by atoms with E-state index in [1.54, 1.807) is 48.5 Å². The molecule has 0 fully saturated rings. The van der Waals surface area contributed by atoms with Gasteiger partial charge in [-0.25, -0.2) is 5.43 Å². The summed E-state index contributed by atoms with van der Waals surface area (Å²) in [5.41, 5.74) is 4.73. The van der Waals surface area contributed by atoms with Crippen LogP contribution in [0.15, 0.2) is 77.9 Å². The number of carbonyl (C=O) groups excluding carboxylic acids is 2. The zero-order valence-corrected chi connectivity index (χ0v) is 20.1. The Kier molecular flexibility index (Phi) is 8.99. The fourth-order valence-corrected chi connectivity index (χ4v) is 3.49. The van der Waals surface area contributed by atoms with Gasteiger partial charge in [-0.05, 0) is 36.2 Å². The monoisotopic (exact) mass is 488 g/mol. The van der Waals surface area contributed by atoms with Crippen LogP contribution in [0.2, 0.25) is 5.02 Å².